The van der Waals surface area contributed by atoms with Crippen LogP contribution >= 0.6 is 22.9 Å². The van der Waals surface area contributed by atoms with Gasteiger partial charge in [-0.05, 0) is 19.9 Å². The zero-order chi connectivity index (χ0) is 14.7. The smallest absolute Gasteiger partial charge is 0.311 e. The quantitative estimate of drug-likeness (QED) is 0.480. The molecule has 0 radical (unpaired) electrons. The Morgan fingerprint density at radius 1 is 1.50 bits per heavy atom. The minimum atomic E-state index is -0.445. The molecule has 20 heavy (non-hydrogen) atoms. The van der Waals surface area contributed by atoms with Crippen LogP contribution < -0.4 is 4.90 Å². The molecule has 0 aliphatic heterocycles. The number of hydrogen-bond acceptors (Lipinski definition) is 6. The van der Waals surface area contributed by atoms with Gasteiger partial charge < -0.3 is 4.90 Å². The van der Waals surface area contributed by atoms with Crippen LogP contribution in [0.5, 0.6) is 0 Å². The molecule has 8 heteroatoms. The first-order valence-corrected chi connectivity index (χ1v) is 7.18. The number of hydrogen-bond donors (Lipinski definition) is 0. The summed E-state index contributed by atoms with van der Waals surface area (Å²) < 4.78 is 0. The molecule has 2 aromatic rings. The summed E-state index contributed by atoms with van der Waals surface area (Å²) in [5.74, 6) is 0.288. The molecule has 2 heterocycles. The SMILES string of the molecule is CCN(Cc1cnc(C)s1)c1nc(Cl)ccc1[N+](=O)[O-]. The van der Waals surface area contributed by atoms with E-state index in [1.54, 1.807) is 17.5 Å². The van der Waals surface area contributed by atoms with Gasteiger partial charge in [0.25, 0.3) is 0 Å². The van der Waals surface area contributed by atoms with E-state index in [0.29, 0.717) is 13.1 Å². The summed E-state index contributed by atoms with van der Waals surface area (Å²) in [6.07, 6.45) is 1.78. The molecular formula is C12H13ClN4O2S. The van der Waals surface area contributed by atoms with Crippen LogP contribution in [0.4, 0.5) is 11.5 Å². The standard InChI is InChI=1S/C12H13ClN4O2S/c1-3-16(7-9-6-14-8(2)20-9)12-10(17(18)19)4-5-11(13)15-12/h4-6H,3,7H2,1-2H3. The lowest BCUT2D eigenvalue weighted by Gasteiger charge is -2.20. The second-order valence-corrected chi connectivity index (χ2v) is 5.80. The summed E-state index contributed by atoms with van der Waals surface area (Å²) in [7, 11) is 0. The topological polar surface area (TPSA) is 72.2 Å². The molecule has 0 saturated heterocycles. The van der Waals surface area contributed by atoms with Crippen molar-refractivity contribution in [3.8, 4) is 0 Å². The van der Waals surface area contributed by atoms with Crippen LogP contribution in [0.1, 0.15) is 16.8 Å². The van der Waals surface area contributed by atoms with Gasteiger partial charge in [0.15, 0.2) is 0 Å². The molecular weight excluding hydrogens is 300 g/mol. The van der Waals surface area contributed by atoms with Crippen molar-refractivity contribution in [2.75, 3.05) is 11.4 Å². The van der Waals surface area contributed by atoms with E-state index in [0.717, 1.165) is 9.88 Å². The Kier molecular flexibility index (Phi) is 4.51. The number of aryl methyl sites for hydroxylation is 1. The zero-order valence-corrected chi connectivity index (χ0v) is 12.6. The van der Waals surface area contributed by atoms with E-state index in [2.05, 4.69) is 9.97 Å². The molecule has 0 amide bonds. The monoisotopic (exact) mass is 312 g/mol. The predicted molar refractivity (Wildman–Crippen MR) is 79.5 cm³/mol. The van der Waals surface area contributed by atoms with Gasteiger partial charge in [-0.25, -0.2) is 9.97 Å². The summed E-state index contributed by atoms with van der Waals surface area (Å²) in [4.78, 5) is 21.8. The number of thiazole rings is 1. The second-order valence-electron chi connectivity index (χ2n) is 4.09. The van der Waals surface area contributed by atoms with Crippen LogP contribution in [0, 0.1) is 17.0 Å². The first-order chi connectivity index (χ1) is 9.51. The molecule has 0 unspecified atom stereocenters. The molecule has 0 atom stereocenters. The average Bonchev–Trinajstić information content (AvgIpc) is 2.81. The molecule has 0 aliphatic carbocycles. The summed E-state index contributed by atoms with van der Waals surface area (Å²) in [5, 5.41) is 12.3. The van der Waals surface area contributed by atoms with Gasteiger partial charge in [-0.1, -0.05) is 11.6 Å². The van der Waals surface area contributed by atoms with E-state index < -0.39 is 4.92 Å². The van der Waals surface area contributed by atoms with Gasteiger partial charge >= 0.3 is 5.69 Å². The van der Waals surface area contributed by atoms with E-state index in [-0.39, 0.29) is 16.7 Å². The van der Waals surface area contributed by atoms with Crippen molar-refractivity contribution in [1.82, 2.24) is 9.97 Å². The Morgan fingerprint density at radius 3 is 2.80 bits per heavy atom. The highest BCUT2D eigenvalue weighted by atomic mass is 35.5. The van der Waals surface area contributed by atoms with Crippen molar-refractivity contribution in [1.29, 1.82) is 0 Å². The van der Waals surface area contributed by atoms with E-state index in [9.17, 15) is 10.1 Å². The Labute approximate surface area is 125 Å². The van der Waals surface area contributed by atoms with Crippen LogP contribution in [0.2, 0.25) is 5.15 Å². The lowest BCUT2D eigenvalue weighted by molar-refractivity contribution is -0.384. The molecule has 0 fully saturated rings. The highest BCUT2D eigenvalue weighted by Gasteiger charge is 2.21. The molecule has 0 spiro atoms. The lowest BCUT2D eigenvalue weighted by atomic mass is 10.3. The van der Waals surface area contributed by atoms with Crippen molar-refractivity contribution in [3.05, 3.63) is 43.5 Å². The molecule has 0 saturated carbocycles. The lowest BCUT2D eigenvalue weighted by Crippen LogP contribution is -2.23. The van der Waals surface area contributed by atoms with Gasteiger partial charge in [0.2, 0.25) is 5.82 Å². The largest absolute Gasteiger partial charge is 0.346 e. The van der Waals surface area contributed by atoms with Crippen LogP contribution in [0.25, 0.3) is 0 Å². The number of halogens is 1. The molecule has 0 bridgehead atoms. The molecule has 0 N–H and O–H groups in total. The summed E-state index contributed by atoms with van der Waals surface area (Å²) in [6.45, 7) is 4.95. The van der Waals surface area contributed by atoms with E-state index >= 15 is 0 Å². The van der Waals surface area contributed by atoms with Gasteiger partial charge in [-0.15, -0.1) is 11.3 Å². The second kappa shape index (κ2) is 6.15. The van der Waals surface area contributed by atoms with Crippen molar-refractivity contribution >= 4 is 34.4 Å². The van der Waals surface area contributed by atoms with Gasteiger partial charge in [-0.2, -0.15) is 0 Å². The van der Waals surface area contributed by atoms with Crippen LogP contribution in [-0.2, 0) is 6.54 Å². The third kappa shape index (κ3) is 3.23. The summed E-state index contributed by atoms with van der Waals surface area (Å²) in [6, 6.07) is 2.80. The van der Waals surface area contributed by atoms with Crippen LogP contribution in [0.3, 0.4) is 0 Å². The zero-order valence-electron chi connectivity index (χ0n) is 11.0. The molecule has 6 nitrogen and oxygen atoms in total. The van der Waals surface area contributed by atoms with Gasteiger partial charge in [0, 0.05) is 23.7 Å². The normalized spacial score (nSPS) is 10.6. The van der Waals surface area contributed by atoms with E-state index in [1.165, 1.54) is 12.1 Å². The highest BCUT2D eigenvalue weighted by molar-refractivity contribution is 7.11. The first kappa shape index (κ1) is 14.7. The van der Waals surface area contributed by atoms with E-state index in [4.69, 9.17) is 11.6 Å². The highest BCUT2D eigenvalue weighted by Crippen LogP contribution is 2.29. The van der Waals surface area contributed by atoms with Gasteiger partial charge in [0.1, 0.15) is 5.15 Å². The molecule has 0 aromatic carbocycles. The summed E-state index contributed by atoms with van der Waals surface area (Å²) in [5.41, 5.74) is -0.0440. The number of pyridine rings is 1. The summed E-state index contributed by atoms with van der Waals surface area (Å²) >= 11 is 7.42. The fourth-order valence-corrected chi connectivity index (χ4v) is 2.75. The minimum absolute atomic E-state index is 0.0440. The maximum atomic E-state index is 11.1. The van der Waals surface area contributed by atoms with E-state index in [1.807, 2.05) is 18.7 Å². The maximum absolute atomic E-state index is 11.1. The molecule has 2 rings (SSSR count). The van der Waals surface area contributed by atoms with Crippen molar-refractivity contribution < 1.29 is 4.92 Å². The molecule has 2 aromatic heterocycles. The predicted octanol–water partition coefficient (Wildman–Crippen LogP) is 3.43. The van der Waals surface area contributed by atoms with Crippen molar-refractivity contribution in [2.45, 2.75) is 20.4 Å². The molecule has 106 valence electrons. The number of aromatic nitrogens is 2. The molecule has 0 aliphatic rings. The maximum Gasteiger partial charge on any atom is 0.311 e. The number of rotatable bonds is 5. The van der Waals surface area contributed by atoms with Crippen LogP contribution in [-0.4, -0.2) is 21.4 Å². The Morgan fingerprint density at radius 2 is 2.25 bits per heavy atom. The number of nitro groups is 1. The van der Waals surface area contributed by atoms with Gasteiger partial charge in [-0.3, -0.25) is 10.1 Å². The van der Waals surface area contributed by atoms with Crippen molar-refractivity contribution in [3.63, 3.8) is 0 Å². The third-order valence-electron chi connectivity index (χ3n) is 2.71. The Bertz CT molecular complexity index is 632. The van der Waals surface area contributed by atoms with Crippen LogP contribution in [0.15, 0.2) is 18.3 Å². The fraction of sp³-hybridized carbons (Fsp3) is 0.333. The third-order valence-corrected chi connectivity index (χ3v) is 3.82. The van der Waals surface area contributed by atoms with Gasteiger partial charge in [0.05, 0.1) is 16.5 Å². The fourth-order valence-electron chi connectivity index (χ4n) is 1.80. The van der Waals surface area contributed by atoms with Crippen molar-refractivity contribution in [2.24, 2.45) is 0 Å². The average molecular weight is 313 g/mol. The number of nitrogens with zero attached hydrogens (tertiary/aromatic N) is 4. The number of anilines is 1. The minimum Gasteiger partial charge on any atom is -0.346 e. The first-order valence-electron chi connectivity index (χ1n) is 5.98. The Hall–Kier alpha value is -1.73. The Balaban J connectivity index is 2.35.